The first kappa shape index (κ1) is 15.1. The maximum Gasteiger partial charge on any atom is 0.408 e. The molecule has 5 heteroatoms. The number of halogens is 1. The Morgan fingerprint density at radius 2 is 1.90 bits per heavy atom. The molecule has 0 aliphatic heterocycles. The molecule has 0 aromatic heterocycles. The molecule has 0 heterocycles. The molecule has 20 heavy (non-hydrogen) atoms. The van der Waals surface area contributed by atoms with Gasteiger partial charge in [-0.25, -0.2) is 4.79 Å². The van der Waals surface area contributed by atoms with Crippen molar-refractivity contribution in [2.45, 2.75) is 50.9 Å². The third kappa shape index (κ3) is 3.64. The molecule has 1 aliphatic carbocycles. The number of nitrogens with one attached hydrogen (secondary N) is 1. The van der Waals surface area contributed by atoms with E-state index in [2.05, 4.69) is 5.32 Å². The van der Waals surface area contributed by atoms with Gasteiger partial charge in [-0.1, -0.05) is 23.7 Å². The number of ether oxygens (including phenoxy) is 1. The number of aliphatic hydroxyl groups excluding tert-OH is 1. The lowest BCUT2D eigenvalue weighted by Gasteiger charge is -2.26. The van der Waals surface area contributed by atoms with Crippen LogP contribution in [0.1, 0.15) is 45.3 Å². The van der Waals surface area contributed by atoms with E-state index in [4.69, 9.17) is 16.3 Å². The Balaban J connectivity index is 2.04. The summed E-state index contributed by atoms with van der Waals surface area (Å²) >= 11 is 5.83. The molecule has 1 saturated carbocycles. The minimum absolute atomic E-state index is 0.497. The Hall–Kier alpha value is -1.26. The molecular formula is C15H20ClNO3. The molecule has 1 amide bonds. The third-order valence-electron chi connectivity index (χ3n) is 3.25. The van der Waals surface area contributed by atoms with Gasteiger partial charge >= 0.3 is 6.09 Å². The molecule has 1 atom stereocenters. The van der Waals surface area contributed by atoms with Gasteiger partial charge in [0.15, 0.2) is 0 Å². The SMILES string of the molecule is CC(C)(C)OC(=O)NC1(C(O)c2ccc(Cl)cc2)CC1. The smallest absolute Gasteiger partial charge is 0.408 e. The van der Waals surface area contributed by atoms with Gasteiger partial charge in [-0.05, 0) is 51.3 Å². The number of rotatable bonds is 3. The highest BCUT2D eigenvalue weighted by atomic mass is 35.5. The number of carbonyl (C=O) groups is 1. The number of hydrogen-bond donors (Lipinski definition) is 2. The summed E-state index contributed by atoms with van der Waals surface area (Å²) in [5.74, 6) is 0. The van der Waals surface area contributed by atoms with Crippen LogP contribution in [-0.2, 0) is 4.74 Å². The fourth-order valence-corrected chi connectivity index (χ4v) is 2.20. The monoisotopic (exact) mass is 297 g/mol. The van der Waals surface area contributed by atoms with Crippen LogP contribution in [0.4, 0.5) is 4.79 Å². The number of carbonyl (C=O) groups excluding carboxylic acids is 1. The highest BCUT2D eigenvalue weighted by Crippen LogP contribution is 2.46. The van der Waals surface area contributed by atoms with E-state index < -0.39 is 23.3 Å². The average molecular weight is 298 g/mol. The number of amides is 1. The predicted octanol–water partition coefficient (Wildman–Crippen LogP) is 3.43. The van der Waals surface area contributed by atoms with E-state index in [1.807, 2.05) is 20.8 Å². The van der Waals surface area contributed by atoms with Crippen LogP contribution in [0.25, 0.3) is 0 Å². The van der Waals surface area contributed by atoms with Crippen LogP contribution in [-0.4, -0.2) is 22.3 Å². The van der Waals surface area contributed by atoms with Gasteiger partial charge in [0.1, 0.15) is 11.7 Å². The fourth-order valence-electron chi connectivity index (χ4n) is 2.07. The van der Waals surface area contributed by atoms with Crippen molar-refractivity contribution in [1.82, 2.24) is 5.32 Å². The van der Waals surface area contributed by atoms with E-state index in [1.54, 1.807) is 24.3 Å². The number of hydrogen-bond acceptors (Lipinski definition) is 3. The first-order valence-corrected chi connectivity index (χ1v) is 7.04. The van der Waals surface area contributed by atoms with Crippen molar-refractivity contribution in [3.8, 4) is 0 Å². The molecular weight excluding hydrogens is 278 g/mol. The van der Waals surface area contributed by atoms with Crippen molar-refractivity contribution >= 4 is 17.7 Å². The molecule has 1 unspecified atom stereocenters. The molecule has 2 N–H and O–H groups in total. The predicted molar refractivity (Wildman–Crippen MR) is 77.7 cm³/mol. The highest BCUT2D eigenvalue weighted by Gasteiger charge is 2.51. The zero-order valence-corrected chi connectivity index (χ0v) is 12.7. The van der Waals surface area contributed by atoms with E-state index in [0.29, 0.717) is 5.02 Å². The van der Waals surface area contributed by atoms with Crippen LogP contribution in [0.5, 0.6) is 0 Å². The Bertz CT molecular complexity index is 489. The molecule has 4 nitrogen and oxygen atoms in total. The summed E-state index contributed by atoms with van der Waals surface area (Å²) in [6.45, 7) is 5.42. The van der Waals surface area contributed by atoms with Crippen molar-refractivity contribution in [3.05, 3.63) is 34.9 Å². The molecule has 1 aromatic carbocycles. The second kappa shape index (κ2) is 5.26. The summed E-state index contributed by atoms with van der Waals surface area (Å²) in [4.78, 5) is 11.8. The topological polar surface area (TPSA) is 58.6 Å². The van der Waals surface area contributed by atoms with Crippen LogP contribution in [0.3, 0.4) is 0 Å². The summed E-state index contributed by atoms with van der Waals surface area (Å²) in [7, 11) is 0. The first-order chi connectivity index (χ1) is 9.22. The lowest BCUT2D eigenvalue weighted by molar-refractivity contribution is 0.0393. The molecule has 1 aliphatic rings. The molecule has 0 spiro atoms. The van der Waals surface area contributed by atoms with Gasteiger partial charge in [0.05, 0.1) is 5.54 Å². The Morgan fingerprint density at radius 3 is 2.35 bits per heavy atom. The van der Waals surface area contributed by atoms with Crippen LogP contribution in [0.2, 0.25) is 5.02 Å². The summed E-state index contributed by atoms with van der Waals surface area (Å²) in [6, 6.07) is 6.99. The van der Waals surface area contributed by atoms with E-state index in [0.717, 1.165) is 18.4 Å². The van der Waals surface area contributed by atoms with Crippen LogP contribution >= 0.6 is 11.6 Å². The lowest BCUT2D eigenvalue weighted by atomic mass is 10.0. The van der Waals surface area contributed by atoms with E-state index >= 15 is 0 Å². The Labute approximate surface area is 124 Å². The molecule has 110 valence electrons. The molecule has 2 rings (SSSR count). The molecule has 1 fully saturated rings. The van der Waals surface area contributed by atoms with Crippen molar-refractivity contribution < 1.29 is 14.6 Å². The van der Waals surface area contributed by atoms with Crippen molar-refractivity contribution in [3.63, 3.8) is 0 Å². The average Bonchev–Trinajstić information content (AvgIpc) is 3.07. The van der Waals surface area contributed by atoms with E-state index in [9.17, 15) is 9.90 Å². The normalized spacial score (nSPS) is 18.2. The zero-order valence-electron chi connectivity index (χ0n) is 11.9. The Kier molecular flexibility index (Phi) is 3.98. The second-order valence-electron chi connectivity index (χ2n) is 6.24. The minimum Gasteiger partial charge on any atom is -0.444 e. The Morgan fingerprint density at radius 1 is 1.35 bits per heavy atom. The van der Waals surface area contributed by atoms with Crippen LogP contribution < -0.4 is 5.32 Å². The summed E-state index contributed by atoms with van der Waals surface area (Å²) in [5, 5.41) is 13.8. The molecule has 0 bridgehead atoms. The zero-order chi connectivity index (χ0) is 15.0. The number of alkyl carbamates (subject to hydrolysis) is 1. The lowest BCUT2D eigenvalue weighted by Crippen LogP contribution is -2.44. The van der Waals surface area contributed by atoms with Gasteiger partial charge in [-0.3, -0.25) is 0 Å². The quantitative estimate of drug-likeness (QED) is 0.898. The maximum absolute atomic E-state index is 11.8. The highest BCUT2D eigenvalue weighted by molar-refractivity contribution is 6.30. The van der Waals surface area contributed by atoms with Gasteiger partial charge in [-0.15, -0.1) is 0 Å². The fraction of sp³-hybridized carbons (Fsp3) is 0.533. The first-order valence-electron chi connectivity index (χ1n) is 6.67. The standard InChI is InChI=1S/C15H20ClNO3/c1-14(2,3)20-13(19)17-15(8-9-15)12(18)10-4-6-11(16)7-5-10/h4-7,12,18H,8-9H2,1-3H3,(H,17,19). The summed E-state index contributed by atoms with van der Waals surface area (Å²) < 4.78 is 5.24. The van der Waals surface area contributed by atoms with Gasteiger partial charge < -0.3 is 15.2 Å². The van der Waals surface area contributed by atoms with Crippen LogP contribution in [0.15, 0.2) is 24.3 Å². The van der Waals surface area contributed by atoms with Gasteiger partial charge in [-0.2, -0.15) is 0 Å². The van der Waals surface area contributed by atoms with Crippen molar-refractivity contribution in [1.29, 1.82) is 0 Å². The van der Waals surface area contributed by atoms with Crippen molar-refractivity contribution in [2.24, 2.45) is 0 Å². The minimum atomic E-state index is -0.757. The van der Waals surface area contributed by atoms with E-state index in [1.165, 1.54) is 0 Å². The van der Waals surface area contributed by atoms with Gasteiger partial charge in [0.25, 0.3) is 0 Å². The number of aliphatic hydroxyl groups is 1. The largest absolute Gasteiger partial charge is 0.444 e. The molecule has 0 saturated heterocycles. The van der Waals surface area contributed by atoms with E-state index in [-0.39, 0.29) is 0 Å². The molecule has 1 aromatic rings. The molecule has 0 radical (unpaired) electrons. The van der Waals surface area contributed by atoms with Gasteiger partial charge in [0.2, 0.25) is 0 Å². The third-order valence-corrected chi connectivity index (χ3v) is 3.50. The van der Waals surface area contributed by atoms with Gasteiger partial charge in [0, 0.05) is 5.02 Å². The van der Waals surface area contributed by atoms with Crippen molar-refractivity contribution in [2.75, 3.05) is 0 Å². The maximum atomic E-state index is 11.8. The summed E-state index contributed by atoms with van der Waals surface area (Å²) in [6.07, 6.45) is 0.210. The summed E-state index contributed by atoms with van der Waals surface area (Å²) in [5.41, 5.74) is -0.426. The number of benzene rings is 1. The second-order valence-corrected chi connectivity index (χ2v) is 6.67. The van der Waals surface area contributed by atoms with Crippen LogP contribution in [0, 0.1) is 0 Å².